The number of hydrogen-bond acceptors (Lipinski definition) is 3. The molecule has 0 aromatic rings. The maximum Gasteiger partial charge on any atom is 0.248 e. The minimum Gasteiger partial charge on any atom is -0.372 e. The second kappa shape index (κ2) is 4.17. The van der Waals surface area contributed by atoms with Crippen molar-refractivity contribution in [2.24, 2.45) is 5.10 Å². The normalized spacial score (nSPS) is 31.5. The Morgan fingerprint density at radius 2 is 2.06 bits per heavy atom. The minimum absolute atomic E-state index is 0.114. The van der Waals surface area contributed by atoms with Crippen LogP contribution < -0.4 is 0 Å². The molecule has 1 unspecified atom stereocenters. The second-order valence-corrected chi connectivity index (χ2v) is 4.95. The number of nitrogens with zero attached hydrogens (tertiary/aromatic N) is 2. The van der Waals surface area contributed by atoms with Crippen LogP contribution in [0.15, 0.2) is 5.10 Å². The molecule has 4 nitrogen and oxygen atoms in total. The molecular formula is C12H18N2O2. The van der Waals surface area contributed by atoms with Crippen LogP contribution >= 0.6 is 0 Å². The van der Waals surface area contributed by atoms with Crippen molar-refractivity contribution in [3.8, 4) is 0 Å². The van der Waals surface area contributed by atoms with Crippen LogP contribution in [-0.2, 0) is 9.53 Å². The standard InChI is InChI=1S/C12H18N2O2/c15-12-8-10(11-6-1-2-7-16-11)13-14(12)9-4-3-5-9/h9,11H,1-8H2. The van der Waals surface area contributed by atoms with Crippen LogP contribution in [0.5, 0.6) is 0 Å². The Hall–Kier alpha value is -0.900. The summed E-state index contributed by atoms with van der Waals surface area (Å²) >= 11 is 0. The van der Waals surface area contributed by atoms with E-state index in [-0.39, 0.29) is 12.0 Å². The highest BCUT2D eigenvalue weighted by Gasteiger charge is 2.36. The molecule has 0 aromatic heterocycles. The maximum absolute atomic E-state index is 11.8. The van der Waals surface area contributed by atoms with Crippen molar-refractivity contribution in [3.05, 3.63) is 0 Å². The molecule has 3 rings (SSSR count). The number of ether oxygens (including phenoxy) is 1. The van der Waals surface area contributed by atoms with Gasteiger partial charge in [-0.3, -0.25) is 4.79 Å². The molecule has 0 bridgehead atoms. The lowest BCUT2D eigenvalue weighted by Crippen LogP contribution is -2.37. The molecule has 1 saturated carbocycles. The molecule has 0 radical (unpaired) electrons. The van der Waals surface area contributed by atoms with Gasteiger partial charge in [-0.15, -0.1) is 0 Å². The maximum atomic E-state index is 11.8. The quantitative estimate of drug-likeness (QED) is 0.713. The Morgan fingerprint density at radius 3 is 2.69 bits per heavy atom. The number of carbonyl (C=O) groups is 1. The summed E-state index contributed by atoms with van der Waals surface area (Å²) in [6, 6.07) is 0.383. The van der Waals surface area contributed by atoms with Gasteiger partial charge < -0.3 is 4.74 Å². The highest BCUT2D eigenvalue weighted by atomic mass is 16.5. The first-order chi connectivity index (χ1) is 7.84. The Bertz CT molecular complexity index is 317. The van der Waals surface area contributed by atoms with Gasteiger partial charge >= 0.3 is 0 Å². The van der Waals surface area contributed by atoms with E-state index in [1.54, 1.807) is 5.01 Å². The third-order valence-corrected chi connectivity index (χ3v) is 3.80. The molecule has 1 saturated heterocycles. The lowest BCUT2D eigenvalue weighted by atomic mass is 9.92. The molecule has 1 amide bonds. The predicted octanol–water partition coefficient (Wildman–Crippen LogP) is 1.70. The fraction of sp³-hybridized carbons (Fsp3) is 0.833. The molecular weight excluding hydrogens is 204 g/mol. The average Bonchev–Trinajstić information content (AvgIpc) is 2.60. The summed E-state index contributed by atoms with van der Waals surface area (Å²) in [5, 5.41) is 6.21. The lowest BCUT2D eigenvalue weighted by molar-refractivity contribution is -0.132. The van der Waals surface area contributed by atoms with E-state index >= 15 is 0 Å². The van der Waals surface area contributed by atoms with Gasteiger partial charge in [-0.2, -0.15) is 5.10 Å². The molecule has 0 N–H and O–H groups in total. The molecule has 2 aliphatic heterocycles. The molecule has 2 heterocycles. The van der Waals surface area contributed by atoms with Crippen molar-refractivity contribution in [2.45, 2.75) is 57.1 Å². The summed E-state index contributed by atoms with van der Waals surface area (Å²) < 4.78 is 5.68. The molecule has 4 heteroatoms. The first-order valence-electron chi connectivity index (χ1n) is 6.35. The van der Waals surface area contributed by atoms with Crippen LogP contribution in [0.1, 0.15) is 44.9 Å². The zero-order chi connectivity index (χ0) is 11.0. The highest BCUT2D eigenvalue weighted by Crippen LogP contribution is 2.29. The van der Waals surface area contributed by atoms with Gasteiger partial charge in [0, 0.05) is 6.61 Å². The average molecular weight is 222 g/mol. The van der Waals surface area contributed by atoms with Crippen LogP contribution in [-0.4, -0.2) is 35.4 Å². The van der Waals surface area contributed by atoms with Crippen LogP contribution in [0.3, 0.4) is 0 Å². The Kier molecular flexibility index (Phi) is 2.67. The highest BCUT2D eigenvalue weighted by molar-refractivity contribution is 6.07. The van der Waals surface area contributed by atoms with Crippen molar-refractivity contribution in [2.75, 3.05) is 6.61 Å². The van der Waals surface area contributed by atoms with E-state index in [4.69, 9.17) is 4.74 Å². The summed E-state index contributed by atoms with van der Waals surface area (Å²) in [6.07, 6.45) is 7.45. The van der Waals surface area contributed by atoms with E-state index in [2.05, 4.69) is 5.10 Å². The van der Waals surface area contributed by atoms with Crippen LogP contribution in [0.2, 0.25) is 0 Å². The van der Waals surface area contributed by atoms with Crippen LogP contribution in [0.4, 0.5) is 0 Å². The van der Waals surface area contributed by atoms with Crippen molar-refractivity contribution in [1.82, 2.24) is 5.01 Å². The van der Waals surface area contributed by atoms with Crippen molar-refractivity contribution >= 4 is 11.6 Å². The van der Waals surface area contributed by atoms with Gasteiger partial charge in [0.15, 0.2) is 0 Å². The second-order valence-electron chi connectivity index (χ2n) is 4.95. The number of carbonyl (C=O) groups excluding carboxylic acids is 1. The van der Waals surface area contributed by atoms with E-state index in [0.717, 1.165) is 38.0 Å². The van der Waals surface area contributed by atoms with E-state index in [1.165, 1.54) is 12.8 Å². The number of hydrogen-bond donors (Lipinski definition) is 0. The summed E-state index contributed by atoms with van der Waals surface area (Å²) in [4.78, 5) is 11.8. The van der Waals surface area contributed by atoms with Gasteiger partial charge in [0.25, 0.3) is 0 Å². The SMILES string of the molecule is O=C1CC(C2CCCCO2)=NN1C1CCC1. The van der Waals surface area contributed by atoms with Gasteiger partial charge in [-0.25, -0.2) is 5.01 Å². The Balaban J connectivity index is 1.68. The smallest absolute Gasteiger partial charge is 0.248 e. The monoisotopic (exact) mass is 222 g/mol. The van der Waals surface area contributed by atoms with Crippen molar-refractivity contribution in [3.63, 3.8) is 0 Å². The molecule has 3 aliphatic rings. The van der Waals surface area contributed by atoms with Gasteiger partial charge in [0.1, 0.15) is 0 Å². The van der Waals surface area contributed by atoms with E-state index in [0.29, 0.717) is 12.5 Å². The summed E-state index contributed by atoms with van der Waals surface area (Å²) in [6.45, 7) is 0.821. The molecule has 88 valence electrons. The van der Waals surface area contributed by atoms with Crippen molar-refractivity contribution < 1.29 is 9.53 Å². The lowest BCUT2D eigenvalue weighted by Gasteiger charge is -2.31. The van der Waals surface area contributed by atoms with Crippen LogP contribution in [0, 0.1) is 0 Å². The zero-order valence-electron chi connectivity index (χ0n) is 9.52. The summed E-state index contributed by atoms with van der Waals surface area (Å²) in [5.74, 6) is 0.175. The zero-order valence-corrected chi connectivity index (χ0v) is 9.52. The van der Waals surface area contributed by atoms with Crippen LogP contribution in [0.25, 0.3) is 0 Å². The minimum atomic E-state index is 0.114. The van der Waals surface area contributed by atoms with Crippen molar-refractivity contribution in [1.29, 1.82) is 0 Å². The van der Waals surface area contributed by atoms with Gasteiger partial charge in [0.2, 0.25) is 5.91 Å². The number of hydrazone groups is 1. The molecule has 0 aromatic carbocycles. The third-order valence-electron chi connectivity index (χ3n) is 3.80. The van der Waals surface area contributed by atoms with Gasteiger partial charge in [-0.05, 0) is 38.5 Å². The number of rotatable bonds is 2. The molecule has 1 atom stereocenters. The van der Waals surface area contributed by atoms with E-state index < -0.39 is 0 Å². The first kappa shape index (κ1) is 10.3. The molecule has 1 aliphatic carbocycles. The fourth-order valence-corrected chi connectivity index (χ4v) is 2.56. The van der Waals surface area contributed by atoms with Gasteiger partial charge in [0.05, 0.1) is 24.3 Å². The predicted molar refractivity (Wildman–Crippen MR) is 60.1 cm³/mol. The molecule has 16 heavy (non-hydrogen) atoms. The summed E-state index contributed by atoms with van der Waals surface area (Å²) in [7, 11) is 0. The largest absolute Gasteiger partial charge is 0.372 e. The topological polar surface area (TPSA) is 41.9 Å². The Morgan fingerprint density at radius 1 is 1.19 bits per heavy atom. The van der Waals surface area contributed by atoms with E-state index in [1.807, 2.05) is 0 Å². The summed E-state index contributed by atoms with van der Waals surface area (Å²) in [5.41, 5.74) is 0.969. The molecule has 2 fully saturated rings. The third kappa shape index (κ3) is 1.75. The van der Waals surface area contributed by atoms with E-state index in [9.17, 15) is 4.79 Å². The number of amides is 1. The first-order valence-corrected chi connectivity index (χ1v) is 6.35. The van der Waals surface area contributed by atoms with Gasteiger partial charge in [-0.1, -0.05) is 0 Å². The Labute approximate surface area is 95.6 Å². The molecule has 0 spiro atoms. The fourth-order valence-electron chi connectivity index (χ4n) is 2.56.